The molecule has 2 unspecified atom stereocenters. The molecule has 0 radical (unpaired) electrons. The van der Waals surface area contributed by atoms with E-state index in [0.29, 0.717) is 23.9 Å². The highest BCUT2D eigenvalue weighted by molar-refractivity contribution is 7.13. The number of piperazine rings is 2. The standard InChI is InChI=1S/2C10H17N3S/c2*1-8(2)9-7-13(5-3-11-9)10-12-4-6-14-10/h2*4,6,8-9,11H,3,5,7H2,1-2H3. The van der Waals surface area contributed by atoms with Gasteiger partial charge in [-0.1, -0.05) is 27.7 Å². The minimum absolute atomic E-state index is 0.604. The highest BCUT2D eigenvalue weighted by Crippen LogP contribution is 2.21. The molecule has 0 bridgehead atoms. The van der Waals surface area contributed by atoms with E-state index >= 15 is 0 Å². The van der Waals surface area contributed by atoms with Crippen molar-refractivity contribution in [2.45, 2.75) is 39.8 Å². The summed E-state index contributed by atoms with van der Waals surface area (Å²) >= 11 is 3.46. The Bertz CT molecular complexity index is 600. The molecule has 4 rings (SSSR count). The summed E-state index contributed by atoms with van der Waals surface area (Å²) in [6, 6.07) is 1.21. The van der Waals surface area contributed by atoms with E-state index in [1.165, 1.54) is 0 Å². The molecule has 4 heterocycles. The van der Waals surface area contributed by atoms with Gasteiger partial charge in [0.25, 0.3) is 0 Å². The van der Waals surface area contributed by atoms with Crippen LogP contribution in [0.15, 0.2) is 23.2 Å². The second-order valence-electron chi connectivity index (χ2n) is 8.13. The summed E-state index contributed by atoms with van der Waals surface area (Å²) in [5, 5.41) is 13.5. The second-order valence-corrected chi connectivity index (χ2v) is 9.88. The molecule has 0 aromatic carbocycles. The number of aromatic nitrogens is 2. The van der Waals surface area contributed by atoms with Crippen LogP contribution in [0.1, 0.15) is 27.7 Å². The van der Waals surface area contributed by atoms with Gasteiger partial charge >= 0.3 is 0 Å². The zero-order valence-electron chi connectivity index (χ0n) is 17.5. The highest BCUT2D eigenvalue weighted by Gasteiger charge is 2.23. The van der Waals surface area contributed by atoms with Crippen molar-refractivity contribution in [1.82, 2.24) is 20.6 Å². The van der Waals surface area contributed by atoms with Crippen molar-refractivity contribution < 1.29 is 0 Å². The Labute approximate surface area is 177 Å². The van der Waals surface area contributed by atoms with Crippen LogP contribution in [0.25, 0.3) is 0 Å². The molecule has 2 atom stereocenters. The minimum atomic E-state index is 0.604. The van der Waals surface area contributed by atoms with Gasteiger partial charge in [0.2, 0.25) is 0 Å². The first-order valence-electron chi connectivity index (χ1n) is 10.3. The van der Waals surface area contributed by atoms with Gasteiger partial charge in [0.15, 0.2) is 10.3 Å². The van der Waals surface area contributed by atoms with Crippen LogP contribution in [0.3, 0.4) is 0 Å². The van der Waals surface area contributed by atoms with Gasteiger partial charge in [-0.3, -0.25) is 0 Å². The van der Waals surface area contributed by atoms with Crippen molar-refractivity contribution in [3.63, 3.8) is 0 Å². The zero-order chi connectivity index (χ0) is 19.9. The first-order valence-corrected chi connectivity index (χ1v) is 12.1. The number of hydrogen-bond acceptors (Lipinski definition) is 8. The van der Waals surface area contributed by atoms with E-state index in [4.69, 9.17) is 0 Å². The molecule has 0 amide bonds. The highest BCUT2D eigenvalue weighted by atomic mass is 32.1. The van der Waals surface area contributed by atoms with Crippen molar-refractivity contribution in [1.29, 1.82) is 0 Å². The van der Waals surface area contributed by atoms with Gasteiger partial charge in [-0.25, -0.2) is 9.97 Å². The number of nitrogens with zero attached hydrogens (tertiary/aromatic N) is 4. The van der Waals surface area contributed by atoms with Crippen molar-refractivity contribution >= 4 is 32.9 Å². The summed E-state index contributed by atoms with van der Waals surface area (Å²) in [6.07, 6.45) is 3.76. The lowest BCUT2D eigenvalue weighted by Gasteiger charge is -2.35. The molecule has 8 heteroatoms. The van der Waals surface area contributed by atoms with Crippen molar-refractivity contribution in [3.05, 3.63) is 23.2 Å². The maximum Gasteiger partial charge on any atom is 0.185 e. The van der Waals surface area contributed by atoms with Gasteiger partial charge in [-0.15, -0.1) is 22.7 Å². The molecule has 0 aliphatic carbocycles. The lowest BCUT2D eigenvalue weighted by molar-refractivity contribution is 0.368. The van der Waals surface area contributed by atoms with E-state index in [2.05, 4.69) is 58.1 Å². The van der Waals surface area contributed by atoms with Crippen LogP contribution in [0, 0.1) is 11.8 Å². The Balaban J connectivity index is 0.000000161. The van der Waals surface area contributed by atoms with E-state index in [0.717, 1.165) is 49.5 Å². The van der Waals surface area contributed by atoms with Crippen LogP contribution >= 0.6 is 22.7 Å². The molecule has 2 fully saturated rings. The maximum atomic E-state index is 4.35. The normalized spacial score (nSPS) is 23.1. The topological polar surface area (TPSA) is 56.3 Å². The number of nitrogens with one attached hydrogen (secondary N) is 2. The summed E-state index contributed by atoms with van der Waals surface area (Å²) in [7, 11) is 0. The molecule has 2 aromatic rings. The van der Waals surface area contributed by atoms with Crippen LogP contribution in [0.2, 0.25) is 0 Å². The van der Waals surface area contributed by atoms with Crippen LogP contribution in [-0.2, 0) is 0 Å². The van der Waals surface area contributed by atoms with E-state index in [9.17, 15) is 0 Å². The first kappa shape index (κ1) is 21.5. The summed E-state index contributed by atoms with van der Waals surface area (Å²) in [6.45, 7) is 15.5. The molecule has 2 N–H and O–H groups in total. The van der Waals surface area contributed by atoms with Crippen LogP contribution in [-0.4, -0.2) is 61.3 Å². The predicted octanol–water partition coefficient (Wildman–Crippen LogP) is 3.15. The SMILES string of the molecule is CC(C)C1CN(c2nccs2)CCN1.CC(C)C1CN(c2nccs2)CCN1. The fraction of sp³-hybridized carbons (Fsp3) is 0.700. The lowest BCUT2D eigenvalue weighted by atomic mass is 10.0. The molecule has 0 spiro atoms. The summed E-state index contributed by atoms with van der Waals surface area (Å²) < 4.78 is 0. The molecule has 0 saturated carbocycles. The van der Waals surface area contributed by atoms with Gasteiger partial charge in [-0.05, 0) is 11.8 Å². The fourth-order valence-electron chi connectivity index (χ4n) is 3.54. The number of anilines is 2. The molecular formula is C20H34N6S2. The Hall–Kier alpha value is -1.22. The number of thiazole rings is 2. The van der Waals surface area contributed by atoms with Gasteiger partial charge in [0, 0.05) is 74.5 Å². The van der Waals surface area contributed by atoms with E-state index in [-0.39, 0.29) is 0 Å². The van der Waals surface area contributed by atoms with Gasteiger partial charge < -0.3 is 20.4 Å². The third kappa shape index (κ3) is 5.89. The van der Waals surface area contributed by atoms with Crippen molar-refractivity contribution in [2.24, 2.45) is 11.8 Å². The Kier molecular flexibility index (Phi) is 8.08. The number of rotatable bonds is 4. The average Bonchev–Trinajstić information content (AvgIpc) is 3.43. The zero-order valence-corrected chi connectivity index (χ0v) is 19.1. The lowest BCUT2D eigenvalue weighted by Crippen LogP contribution is -2.52. The predicted molar refractivity (Wildman–Crippen MR) is 122 cm³/mol. The largest absolute Gasteiger partial charge is 0.345 e. The second kappa shape index (κ2) is 10.5. The molecule has 2 aliphatic rings. The average molecular weight is 423 g/mol. The summed E-state index contributed by atoms with van der Waals surface area (Å²) in [5.74, 6) is 1.38. The van der Waals surface area contributed by atoms with Crippen LogP contribution in [0.5, 0.6) is 0 Å². The van der Waals surface area contributed by atoms with Gasteiger partial charge in [0.05, 0.1) is 0 Å². The molecule has 2 aromatic heterocycles. The summed E-state index contributed by atoms with van der Waals surface area (Å²) in [5.41, 5.74) is 0. The van der Waals surface area contributed by atoms with Crippen LogP contribution in [0.4, 0.5) is 10.3 Å². The monoisotopic (exact) mass is 422 g/mol. The first-order chi connectivity index (χ1) is 13.5. The maximum absolute atomic E-state index is 4.35. The van der Waals surface area contributed by atoms with E-state index in [1.54, 1.807) is 22.7 Å². The fourth-order valence-corrected chi connectivity index (χ4v) is 4.90. The molecule has 2 saturated heterocycles. The molecule has 28 heavy (non-hydrogen) atoms. The van der Waals surface area contributed by atoms with E-state index in [1.807, 2.05) is 23.2 Å². The molecule has 2 aliphatic heterocycles. The van der Waals surface area contributed by atoms with Crippen molar-refractivity contribution in [3.8, 4) is 0 Å². The van der Waals surface area contributed by atoms with Gasteiger partial charge in [-0.2, -0.15) is 0 Å². The third-order valence-electron chi connectivity index (χ3n) is 5.40. The van der Waals surface area contributed by atoms with Gasteiger partial charge in [0.1, 0.15) is 0 Å². The Morgan fingerprint density at radius 2 is 1.25 bits per heavy atom. The third-order valence-corrected chi connectivity index (χ3v) is 7.06. The van der Waals surface area contributed by atoms with E-state index < -0.39 is 0 Å². The number of hydrogen-bond donors (Lipinski definition) is 2. The Morgan fingerprint density at radius 3 is 1.57 bits per heavy atom. The molecular weight excluding hydrogens is 388 g/mol. The molecule has 156 valence electrons. The smallest absolute Gasteiger partial charge is 0.185 e. The molecule has 6 nitrogen and oxygen atoms in total. The summed E-state index contributed by atoms with van der Waals surface area (Å²) in [4.78, 5) is 13.5. The van der Waals surface area contributed by atoms with Crippen LogP contribution < -0.4 is 20.4 Å². The quantitative estimate of drug-likeness (QED) is 0.789. The minimum Gasteiger partial charge on any atom is -0.345 e. The van der Waals surface area contributed by atoms with Crippen molar-refractivity contribution in [2.75, 3.05) is 49.1 Å². The Morgan fingerprint density at radius 1 is 0.821 bits per heavy atom.